The van der Waals surface area contributed by atoms with Crippen LogP contribution in [0.25, 0.3) is 0 Å². The average Bonchev–Trinajstić information content (AvgIpc) is 2.82. The number of carbonyl (C=O) groups is 2. The van der Waals surface area contributed by atoms with Crippen molar-refractivity contribution in [3.8, 4) is 0 Å². The van der Waals surface area contributed by atoms with Crippen LogP contribution in [0.1, 0.15) is 13.3 Å². The summed E-state index contributed by atoms with van der Waals surface area (Å²) in [6.07, 6.45) is 2.04. The first-order valence-corrected chi connectivity index (χ1v) is 12.3. The molecule has 4 atom stereocenters. The summed E-state index contributed by atoms with van der Waals surface area (Å²) in [4.78, 5) is 27.0. The maximum Gasteiger partial charge on any atom is 0.355 e. The molecule has 0 aliphatic carbocycles. The van der Waals surface area contributed by atoms with E-state index >= 15 is 0 Å². The van der Waals surface area contributed by atoms with E-state index in [0.29, 0.717) is 25.3 Å². The van der Waals surface area contributed by atoms with Crippen LogP contribution in [0.2, 0.25) is 19.6 Å². The van der Waals surface area contributed by atoms with Gasteiger partial charge in [-0.05, 0) is 38.6 Å². The normalized spacial score (nSPS) is 29.7. The van der Waals surface area contributed by atoms with E-state index in [9.17, 15) is 9.59 Å². The molecule has 6 nitrogen and oxygen atoms in total. The van der Waals surface area contributed by atoms with Gasteiger partial charge in [0.2, 0.25) is 5.91 Å². The largest absolute Gasteiger partial charge is 0.457 e. The molecule has 25 heavy (non-hydrogen) atoms. The maximum atomic E-state index is 12.9. The third kappa shape index (κ3) is 3.20. The number of β-lactam (4-membered cyclic amide) rings is 1. The predicted molar refractivity (Wildman–Crippen MR) is 95.1 cm³/mol. The van der Waals surface area contributed by atoms with Crippen molar-refractivity contribution < 1.29 is 23.5 Å². The van der Waals surface area contributed by atoms with E-state index in [1.807, 2.05) is 6.92 Å². The molecule has 1 amide bonds. The van der Waals surface area contributed by atoms with E-state index in [4.69, 9.17) is 13.9 Å². The van der Waals surface area contributed by atoms with Gasteiger partial charge in [-0.15, -0.1) is 0 Å². The van der Waals surface area contributed by atoms with E-state index in [1.54, 1.807) is 4.90 Å². The van der Waals surface area contributed by atoms with Crippen molar-refractivity contribution in [2.24, 2.45) is 11.8 Å². The van der Waals surface area contributed by atoms with Gasteiger partial charge >= 0.3 is 5.97 Å². The van der Waals surface area contributed by atoms with Gasteiger partial charge in [0.05, 0.1) is 31.3 Å². The van der Waals surface area contributed by atoms with Gasteiger partial charge in [0, 0.05) is 5.92 Å². The molecule has 2 saturated heterocycles. The first kappa shape index (κ1) is 18.4. The highest BCUT2D eigenvalue weighted by Gasteiger charge is 2.62. The van der Waals surface area contributed by atoms with Crippen LogP contribution < -0.4 is 0 Å². The summed E-state index contributed by atoms with van der Waals surface area (Å²) in [5.41, 5.74) is 1.43. The van der Waals surface area contributed by atoms with Crippen molar-refractivity contribution >= 4 is 20.2 Å². The molecule has 7 heteroatoms. The minimum Gasteiger partial charge on any atom is -0.457 e. The van der Waals surface area contributed by atoms with Crippen LogP contribution in [-0.2, 0) is 23.5 Å². The Kier molecular flexibility index (Phi) is 4.92. The molecule has 3 rings (SSSR count). The van der Waals surface area contributed by atoms with Crippen LogP contribution in [0.5, 0.6) is 0 Å². The zero-order valence-electron chi connectivity index (χ0n) is 15.4. The fraction of sp³-hybridized carbons (Fsp3) is 0.667. The van der Waals surface area contributed by atoms with Gasteiger partial charge < -0.3 is 18.8 Å². The van der Waals surface area contributed by atoms with E-state index in [2.05, 4.69) is 26.2 Å². The number of fused-ring (bicyclic) bond motifs is 3. The molecule has 0 saturated carbocycles. The molecular weight excluding hydrogens is 338 g/mol. The average molecular weight is 366 g/mol. The number of hydrogen-bond acceptors (Lipinski definition) is 5. The molecule has 0 aromatic carbocycles. The molecule has 0 spiro atoms. The fourth-order valence-corrected chi connectivity index (χ4v) is 5.46. The fourth-order valence-electron chi connectivity index (χ4n) is 4.20. The smallest absolute Gasteiger partial charge is 0.355 e. The van der Waals surface area contributed by atoms with Crippen molar-refractivity contribution in [2.75, 3.05) is 19.8 Å². The topological polar surface area (TPSA) is 65.1 Å². The van der Waals surface area contributed by atoms with Crippen molar-refractivity contribution in [1.82, 2.24) is 4.90 Å². The Morgan fingerprint density at radius 2 is 2.20 bits per heavy atom. The number of amides is 1. The van der Waals surface area contributed by atoms with Crippen molar-refractivity contribution in [3.63, 3.8) is 0 Å². The van der Waals surface area contributed by atoms with E-state index in [0.717, 1.165) is 5.57 Å². The van der Waals surface area contributed by atoms with Crippen LogP contribution in [0.4, 0.5) is 0 Å². The summed E-state index contributed by atoms with van der Waals surface area (Å²) in [6, 6.07) is -0.0552. The number of esters is 1. The van der Waals surface area contributed by atoms with E-state index < -0.39 is 14.3 Å². The Bertz CT molecular complexity index is 623. The molecule has 0 aromatic heterocycles. The van der Waals surface area contributed by atoms with Crippen LogP contribution in [0.15, 0.2) is 23.9 Å². The van der Waals surface area contributed by atoms with Gasteiger partial charge in [0.1, 0.15) is 12.3 Å². The minimum absolute atomic E-state index is 0.0387. The van der Waals surface area contributed by atoms with Gasteiger partial charge in [-0.3, -0.25) is 4.79 Å². The zero-order chi connectivity index (χ0) is 18.4. The van der Waals surface area contributed by atoms with Gasteiger partial charge in [0.15, 0.2) is 8.32 Å². The SMILES string of the molecule is C=CCOC(=O)C1=C2CCOCC2[C@@H]2[C@@H]([C@@H](C)O[Si](C)(C)C)C(=O)N12. The Balaban J connectivity index is 1.85. The molecular formula is C18H27NO5Si. The quantitative estimate of drug-likeness (QED) is 0.312. The van der Waals surface area contributed by atoms with Crippen molar-refractivity contribution in [3.05, 3.63) is 23.9 Å². The standard InChI is InChI=1S/C18H27NO5Si/c1-6-8-23-18(21)16-12-7-9-22-10-13(12)15-14(17(20)19(15)16)11(2)24-25(3,4)5/h6,11,13-15H,1,7-10H2,2-5H3/t11-,13?,14-,15-/m1/s1. The highest BCUT2D eigenvalue weighted by Crippen LogP contribution is 2.50. The second-order valence-electron chi connectivity index (χ2n) is 7.85. The highest BCUT2D eigenvalue weighted by molar-refractivity contribution is 6.69. The molecule has 1 unspecified atom stereocenters. The number of ether oxygens (including phenoxy) is 2. The number of hydrogen-bond donors (Lipinski definition) is 0. The molecule has 0 bridgehead atoms. The summed E-state index contributed by atoms with van der Waals surface area (Å²) in [5, 5.41) is 0. The summed E-state index contributed by atoms with van der Waals surface area (Å²) >= 11 is 0. The third-order valence-electron chi connectivity index (χ3n) is 4.98. The first-order valence-electron chi connectivity index (χ1n) is 8.86. The lowest BCUT2D eigenvalue weighted by atomic mass is 9.76. The molecule has 0 aromatic rings. The second kappa shape index (κ2) is 6.70. The molecule has 0 N–H and O–H groups in total. The first-order chi connectivity index (χ1) is 11.8. The Morgan fingerprint density at radius 1 is 1.48 bits per heavy atom. The minimum atomic E-state index is -1.76. The van der Waals surface area contributed by atoms with Gasteiger partial charge in [-0.25, -0.2) is 4.79 Å². The van der Waals surface area contributed by atoms with Gasteiger partial charge in [0.25, 0.3) is 0 Å². The van der Waals surface area contributed by atoms with Gasteiger partial charge in [-0.1, -0.05) is 12.7 Å². The Morgan fingerprint density at radius 3 is 2.84 bits per heavy atom. The zero-order valence-corrected chi connectivity index (χ0v) is 16.4. The third-order valence-corrected chi connectivity index (χ3v) is 6.06. The lowest BCUT2D eigenvalue weighted by Gasteiger charge is -2.49. The van der Waals surface area contributed by atoms with Crippen LogP contribution >= 0.6 is 0 Å². The van der Waals surface area contributed by atoms with E-state index in [1.165, 1.54) is 6.08 Å². The lowest BCUT2D eigenvalue weighted by Crippen LogP contribution is -2.65. The maximum absolute atomic E-state index is 12.9. The Hall–Kier alpha value is -1.44. The summed E-state index contributed by atoms with van der Waals surface area (Å²) in [5.74, 6) is -0.633. The molecule has 3 aliphatic rings. The molecule has 138 valence electrons. The summed E-state index contributed by atoms with van der Waals surface area (Å²) < 4.78 is 17.0. The highest BCUT2D eigenvalue weighted by atomic mass is 28.4. The number of rotatable bonds is 6. The van der Waals surface area contributed by atoms with Crippen molar-refractivity contribution in [1.29, 1.82) is 0 Å². The van der Waals surface area contributed by atoms with E-state index in [-0.39, 0.29) is 36.5 Å². The Labute approximate surface area is 149 Å². The summed E-state index contributed by atoms with van der Waals surface area (Å²) in [7, 11) is -1.76. The summed E-state index contributed by atoms with van der Waals surface area (Å²) in [6.45, 7) is 13.1. The molecule has 3 heterocycles. The predicted octanol–water partition coefficient (Wildman–Crippen LogP) is 2.09. The lowest BCUT2D eigenvalue weighted by molar-refractivity contribution is -0.164. The molecule has 3 aliphatic heterocycles. The number of nitrogens with zero attached hydrogens (tertiary/aromatic N) is 1. The van der Waals surface area contributed by atoms with Crippen LogP contribution in [-0.4, -0.2) is 57.1 Å². The van der Waals surface area contributed by atoms with Crippen molar-refractivity contribution in [2.45, 2.75) is 45.1 Å². The van der Waals surface area contributed by atoms with Crippen LogP contribution in [0.3, 0.4) is 0 Å². The molecule has 0 radical (unpaired) electrons. The second-order valence-corrected chi connectivity index (χ2v) is 12.3. The van der Waals surface area contributed by atoms with Crippen LogP contribution in [0, 0.1) is 11.8 Å². The van der Waals surface area contributed by atoms with Gasteiger partial charge in [-0.2, -0.15) is 0 Å². The monoisotopic (exact) mass is 365 g/mol. The molecule has 2 fully saturated rings. The number of carbonyl (C=O) groups excluding carboxylic acids is 2.